The minimum Gasteiger partial charge on any atom is -0.373 e. The molecule has 2 aliphatic rings. The van der Waals surface area contributed by atoms with E-state index >= 15 is 0 Å². The molecule has 0 amide bonds. The molecule has 82 valence electrons. The van der Waals surface area contributed by atoms with Gasteiger partial charge in [0, 0.05) is 18.5 Å². The van der Waals surface area contributed by atoms with Crippen molar-refractivity contribution in [2.75, 3.05) is 0 Å². The molecule has 1 aromatic rings. The Morgan fingerprint density at radius 3 is 2.73 bits per heavy atom. The van der Waals surface area contributed by atoms with Gasteiger partial charge < -0.3 is 9.67 Å². The van der Waals surface area contributed by atoms with Crippen molar-refractivity contribution in [1.29, 1.82) is 0 Å². The summed E-state index contributed by atoms with van der Waals surface area (Å²) in [5.74, 6) is 1.76. The number of hydrogen-bond donors (Lipinski definition) is 1. The summed E-state index contributed by atoms with van der Waals surface area (Å²) in [6, 6.07) is 0. The zero-order valence-corrected chi connectivity index (χ0v) is 9.02. The summed E-state index contributed by atoms with van der Waals surface area (Å²) in [5.41, 5.74) is 1.23. The number of aliphatic hydroxyl groups excluding tert-OH is 1. The number of aromatic nitrogens is 2. The van der Waals surface area contributed by atoms with Crippen LogP contribution in [0, 0.1) is 0 Å². The number of rotatable bonds is 1. The largest absolute Gasteiger partial charge is 0.373 e. The summed E-state index contributed by atoms with van der Waals surface area (Å²) in [5, 5.41) is 9.84. The van der Waals surface area contributed by atoms with E-state index in [0.717, 1.165) is 25.1 Å². The molecule has 1 N–H and O–H groups in total. The van der Waals surface area contributed by atoms with Gasteiger partial charge in [-0.3, -0.25) is 0 Å². The van der Waals surface area contributed by atoms with Gasteiger partial charge in [-0.05, 0) is 25.7 Å². The molecule has 3 heteroatoms. The van der Waals surface area contributed by atoms with E-state index in [0.29, 0.717) is 5.92 Å². The average molecular weight is 206 g/mol. The Hall–Kier alpha value is -0.830. The maximum absolute atomic E-state index is 9.84. The minimum absolute atomic E-state index is 0.323. The summed E-state index contributed by atoms with van der Waals surface area (Å²) >= 11 is 0. The standard InChI is InChI=1S/C12H18N2O/c15-12-7-3-6-11-13-10(8-14(11)12)9-4-1-2-5-9/h8-9,12,15H,1-7H2. The molecule has 1 fully saturated rings. The first-order valence-corrected chi connectivity index (χ1v) is 6.10. The van der Waals surface area contributed by atoms with E-state index in [9.17, 15) is 5.11 Å². The molecule has 1 saturated carbocycles. The highest BCUT2D eigenvalue weighted by atomic mass is 16.3. The molecule has 1 unspecified atom stereocenters. The lowest BCUT2D eigenvalue weighted by molar-refractivity contribution is 0.0780. The smallest absolute Gasteiger partial charge is 0.131 e. The van der Waals surface area contributed by atoms with Crippen molar-refractivity contribution in [3.05, 3.63) is 17.7 Å². The van der Waals surface area contributed by atoms with Crippen LogP contribution in [0.4, 0.5) is 0 Å². The molecule has 0 spiro atoms. The quantitative estimate of drug-likeness (QED) is 0.766. The lowest BCUT2D eigenvalue weighted by Gasteiger charge is -2.19. The van der Waals surface area contributed by atoms with Crippen molar-refractivity contribution >= 4 is 0 Å². The molecule has 1 aliphatic heterocycles. The van der Waals surface area contributed by atoms with Crippen LogP contribution in [0.15, 0.2) is 6.20 Å². The third-order valence-electron chi connectivity index (χ3n) is 3.78. The van der Waals surface area contributed by atoms with Crippen LogP contribution in [-0.2, 0) is 6.42 Å². The Morgan fingerprint density at radius 2 is 2.00 bits per heavy atom. The van der Waals surface area contributed by atoms with Crippen LogP contribution < -0.4 is 0 Å². The van der Waals surface area contributed by atoms with Gasteiger partial charge in [-0.25, -0.2) is 4.98 Å². The van der Waals surface area contributed by atoms with Crippen LogP contribution in [0.5, 0.6) is 0 Å². The van der Waals surface area contributed by atoms with Crippen LogP contribution in [-0.4, -0.2) is 14.7 Å². The minimum atomic E-state index is -0.323. The molecule has 2 heterocycles. The molecule has 3 nitrogen and oxygen atoms in total. The highest BCUT2D eigenvalue weighted by Crippen LogP contribution is 2.35. The van der Waals surface area contributed by atoms with Gasteiger partial charge in [0.05, 0.1) is 5.69 Å². The van der Waals surface area contributed by atoms with Gasteiger partial charge in [-0.15, -0.1) is 0 Å². The number of imidazole rings is 1. The Bertz CT molecular complexity index is 353. The third kappa shape index (κ3) is 1.59. The highest BCUT2D eigenvalue weighted by molar-refractivity contribution is 5.13. The summed E-state index contributed by atoms with van der Waals surface area (Å²) in [7, 11) is 0. The van der Waals surface area contributed by atoms with Gasteiger partial charge in [0.2, 0.25) is 0 Å². The summed E-state index contributed by atoms with van der Waals surface area (Å²) in [4.78, 5) is 4.69. The topological polar surface area (TPSA) is 38.1 Å². The Morgan fingerprint density at radius 1 is 1.20 bits per heavy atom. The second-order valence-corrected chi connectivity index (χ2v) is 4.84. The molecular weight excluding hydrogens is 188 g/mol. The second-order valence-electron chi connectivity index (χ2n) is 4.84. The molecule has 15 heavy (non-hydrogen) atoms. The van der Waals surface area contributed by atoms with Gasteiger partial charge in [-0.2, -0.15) is 0 Å². The molecule has 1 aromatic heterocycles. The van der Waals surface area contributed by atoms with Gasteiger partial charge in [-0.1, -0.05) is 12.8 Å². The number of aryl methyl sites for hydroxylation is 1. The van der Waals surface area contributed by atoms with E-state index < -0.39 is 0 Å². The predicted octanol–water partition coefficient (Wildman–Crippen LogP) is 2.37. The lowest BCUT2D eigenvalue weighted by atomic mass is 10.1. The first-order valence-electron chi connectivity index (χ1n) is 6.10. The number of hydrogen-bond acceptors (Lipinski definition) is 2. The Kier molecular flexibility index (Phi) is 2.28. The van der Waals surface area contributed by atoms with Crippen molar-refractivity contribution < 1.29 is 5.11 Å². The third-order valence-corrected chi connectivity index (χ3v) is 3.78. The summed E-state index contributed by atoms with van der Waals surface area (Å²) in [6.07, 6.45) is 10.0. The zero-order chi connectivity index (χ0) is 10.3. The van der Waals surface area contributed by atoms with Crippen molar-refractivity contribution in [3.8, 4) is 0 Å². The zero-order valence-electron chi connectivity index (χ0n) is 9.02. The van der Waals surface area contributed by atoms with Gasteiger partial charge in [0.15, 0.2) is 0 Å². The van der Waals surface area contributed by atoms with Gasteiger partial charge in [0.25, 0.3) is 0 Å². The fourth-order valence-corrected chi connectivity index (χ4v) is 2.90. The van der Waals surface area contributed by atoms with E-state index in [-0.39, 0.29) is 6.23 Å². The second kappa shape index (κ2) is 3.63. The van der Waals surface area contributed by atoms with Crippen molar-refractivity contribution in [2.45, 2.75) is 57.1 Å². The fourth-order valence-electron chi connectivity index (χ4n) is 2.90. The molecule has 0 aromatic carbocycles. The Balaban J connectivity index is 1.90. The predicted molar refractivity (Wildman–Crippen MR) is 57.6 cm³/mol. The fraction of sp³-hybridized carbons (Fsp3) is 0.750. The molecule has 3 rings (SSSR count). The number of nitrogens with zero attached hydrogens (tertiary/aromatic N) is 2. The van der Waals surface area contributed by atoms with E-state index in [1.165, 1.54) is 31.4 Å². The van der Waals surface area contributed by atoms with E-state index in [1.54, 1.807) is 0 Å². The van der Waals surface area contributed by atoms with E-state index in [2.05, 4.69) is 11.2 Å². The first kappa shape index (κ1) is 9.40. The maximum atomic E-state index is 9.84. The highest BCUT2D eigenvalue weighted by Gasteiger charge is 2.24. The normalized spacial score (nSPS) is 26.9. The van der Waals surface area contributed by atoms with E-state index in [1.807, 2.05) is 4.57 Å². The molecule has 0 bridgehead atoms. The summed E-state index contributed by atoms with van der Waals surface area (Å²) in [6.45, 7) is 0. The molecule has 0 radical (unpaired) electrons. The SMILES string of the molecule is OC1CCCc2nc(C3CCCC3)cn21. The van der Waals surface area contributed by atoms with Crippen molar-refractivity contribution in [1.82, 2.24) is 9.55 Å². The van der Waals surface area contributed by atoms with Crippen molar-refractivity contribution in [3.63, 3.8) is 0 Å². The summed E-state index contributed by atoms with van der Waals surface area (Å²) < 4.78 is 1.98. The average Bonchev–Trinajstić information content (AvgIpc) is 2.86. The molecular formula is C12H18N2O. The lowest BCUT2D eigenvalue weighted by Crippen LogP contribution is -2.16. The van der Waals surface area contributed by atoms with Crippen LogP contribution in [0.1, 0.15) is 62.2 Å². The van der Waals surface area contributed by atoms with Crippen LogP contribution in [0.3, 0.4) is 0 Å². The number of fused-ring (bicyclic) bond motifs is 1. The number of aliphatic hydroxyl groups is 1. The molecule has 1 atom stereocenters. The Labute approximate surface area is 90.1 Å². The maximum Gasteiger partial charge on any atom is 0.131 e. The van der Waals surface area contributed by atoms with Gasteiger partial charge in [0.1, 0.15) is 12.1 Å². The van der Waals surface area contributed by atoms with Crippen LogP contribution in [0.25, 0.3) is 0 Å². The van der Waals surface area contributed by atoms with Crippen molar-refractivity contribution in [2.24, 2.45) is 0 Å². The first-order chi connectivity index (χ1) is 7.34. The van der Waals surface area contributed by atoms with Gasteiger partial charge >= 0.3 is 0 Å². The molecule has 0 saturated heterocycles. The molecule has 1 aliphatic carbocycles. The monoisotopic (exact) mass is 206 g/mol. The van der Waals surface area contributed by atoms with Crippen LogP contribution in [0.2, 0.25) is 0 Å². The van der Waals surface area contributed by atoms with E-state index in [4.69, 9.17) is 0 Å². The van der Waals surface area contributed by atoms with Crippen LogP contribution >= 0.6 is 0 Å².